The number of nitrogens with two attached hydrogens (primary N) is 1. The zero-order valence-electron chi connectivity index (χ0n) is 15.8. The third kappa shape index (κ3) is 7.87. The maximum absolute atomic E-state index is 13.8. The smallest absolute Gasteiger partial charge is 0.260 e. The van der Waals surface area contributed by atoms with Crippen molar-refractivity contribution in [1.29, 1.82) is 0 Å². The van der Waals surface area contributed by atoms with Crippen LogP contribution in [-0.2, 0) is 6.42 Å². The molecule has 0 aliphatic rings. The molecule has 5 nitrogen and oxygen atoms in total. The Balaban J connectivity index is 0.000000516. The number of hydrogen-bond acceptors (Lipinski definition) is 4. The highest BCUT2D eigenvalue weighted by Crippen LogP contribution is 2.29. The van der Waals surface area contributed by atoms with Gasteiger partial charge >= 0.3 is 0 Å². The van der Waals surface area contributed by atoms with E-state index in [1.807, 2.05) is 31.2 Å². The third-order valence-corrected chi connectivity index (χ3v) is 4.18. The number of aromatic hydroxyl groups is 1. The Kier molecular flexibility index (Phi) is 11.0. The van der Waals surface area contributed by atoms with Gasteiger partial charge in [-0.15, -0.1) is 0 Å². The minimum Gasteiger partial charge on any atom is -0.505 e. The van der Waals surface area contributed by atoms with Gasteiger partial charge in [-0.1, -0.05) is 53.6 Å². The van der Waals surface area contributed by atoms with Crippen LogP contribution < -0.4 is 11.1 Å². The summed E-state index contributed by atoms with van der Waals surface area (Å²) in [6.07, 6.45) is 8.18. The Labute approximate surface area is 179 Å². The largest absolute Gasteiger partial charge is 0.505 e. The molecular formula is C21H23Cl2FN2O3. The Morgan fingerprint density at radius 2 is 1.93 bits per heavy atom. The Hall–Kier alpha value is -2.38. The van der Waals surface area contributed by atoms with E-state index in [1.165, 1.54) is 6.07 Å². The van der Waals surface area contributed by atoms with Crippen LogP contribution in [0, 0.1) is 5.82 Å². The lowest BCUT2D eigenvalue weighted by Crippen LogP contribution is -2.15. The highest BCUT2D eigenvalue weighted by Gasteiger charge is 2.20. The first-order chi connectivity index (χ1) is 13.8. The van der Waals surface area contributed by atoms with E-state index in [0.717, 1.165) is 11.6 Å². The molecule has 0 atom stereocenters. The third-order valence-electron chi connectivity index (χ3n) is 3.56. The molecule has 29 heavy (non-hydrogen) atoms. The van der Waals surface area contributed by atoms with Crippen molar-refractivity contribution in [2.45, 2.75) is 13.3 Å². The summed E-state index contributed by atoms with van der Waals surface area (Å²) in [4.78, 5) is 12.1. The van der Waals surface area contributed by atoms with Gasteiger partial charge in [0.05, 0.1) is 21.3 Å². The lowest BCUT2D eigenvalue weighted by atomic mass is 10.1. The SMILES string of the molecule is C/C=C\C=C/CN.O=C(Nc1ccc(CCO)cc1Cl)c1c(Cl)ccc(O)c1F. The molecule has 0 spiro atoms. The van der Waals surface area contributed by atoms with Crippen LogP contribution in [0.3, 0.4) is 0 Å². The molecule has 2 aromatic rings. The topological polar surface area (TPSA) is 95.6 Å². The second-order valence-electron chi connectivity index (χ2n) is 5.69. The summed E-state index contributed by atoms with van der Waals surface area (Å²) in [6.45, 7) is 2.58. The monoisotopic (exact) mass is 440 g/mol. The number of allylic oxidation sites excluding steroid dienone is 3. The molecule has 5 N–H and O–H groups in total. The van der Waals surface area contributed by atoms with Gasteiger partial charge < -0.3 is 21.3 Å². The van der Waals surface area contributed by atoms with E-state index >= 15 is 0 Å². The molecule has 1 amide bonds. The fourth-order valence-electron chi connectivity index (χ4n) is 2.15. The van der Waals surface area contributed by atoms with E-state index in [-0.39, 0.29) is 22.3 Å². The quantitative estimate of drug-likeness (QED) is 0.489. The summed E-state index contributed by atoms with van der Waals surface area (Å²) >= 11 is 11.8. The molecular weight excluding hydrogens is 418 g/mol. The number of halogens is 3. The number of aliphatic hydroxyl groups excluding tert-OH is 1. The number of hydrogen-bond donors (Lipinski definition) is 4. The number of carbonyl (C=O) groups is 1. The number of aliphatic hydroxyl groups is 1. The number of anilines is 1. The molecule has 0 radical (unpaired) electrons. The van der Waals surface area contributed by atoms with Crippen molar-refractivity contribution in [1.82, 2.24) is 0 Å². The van der Waals surface area contributed by atoms with Crippen LogP contribution in [-0.4, -0.2) is 29.3 Å². The molecule has 156 valence electrons. The van der Waals surface area contributed by atoms with Crippen LogP contribution in [0.15, 0.2) is 54.6 Å². The molecule has 0 bridgehead atoms. The number of phenolic OH excluding ortho intramolecular Hbond substituents is 1. The van der Waals surface area contributed by atoms with Crippen molar-refractivity contribution < 1.29 is 19.4 Å². The number of phenols is 1. The summed E-state index contributed by atoms with van der Waals surface area (Å²) in [5.41, 5.74) is 5.76. The van der Waals surface area contributed by atoms with Crippen LogP contribution in [0.1, 0.15) is 22.8 Å². The van der Waals surface area contributed by atoms with Crippen LogP contribution >= 0.6 is 23.2 Å². The lowest BCUT2D eigenvalue weighted by molar-refractivity contribution is 0.102. The van der Waals surface area contributed by atoms with Crippen molar-refractivity contribution >= 4 is 34.8 Å². The van der Waals surface area contributed by atoms with Gasteiger partial charge in [0.25, 0.3) is 5.91 Å². The molecule has 2 rings (SSSR count). The number of amides is 1. The zero-order valence-corrected chi connectivity index (χ0v) is 17.3. The second kappa shape index (κ2) is 13.0. The predicted octanol–water partition coefficient (Wildman–Crippen LogP) is 4.70. The molecule has 0 fully saturated rings. The van der Waals surface area contributed by atoms with Crippen molar-refractivity contribution in [3.8, 4) is 5.75 Å². The fourth-order valence-corrected chi connectivity index (χ4v) is 2.63. The maximum Gasteiger partial charge on any atom is 0.260 e. The van der Waals surface area contributed by atoms with Gasteiger partial charge in [-0.05, 0) is 43.2 Å². The van der Waals surface area contributed by atoms with Gasteiger partial charge in [0.15, 0.2) is 11.6 Å². The fraction of sp³-hybridized carbons (Fsp3) is 0.190. The summed E-state index contributed by atoms with van der Waals surface area (Å²) < 4.78 is 13.8. The normalized spacial score (nSPS) is 10.8. The summed E-state index contributed by atoms with van der Waals surface area (Å²) in [5, 5.41) is 20.8. The zero-order chi connectivity index (χ0) is 21.8. The van der Waals surface area contributed by atoms with Crippen molar-refractivity contribution in [2.24, 2.45) is 5.73 Å². The summed E-state index contributed by atoms with van der Waals surface area (Å²) in [6, 6.07) is 7.09. The Morgan fingerprint density at radius 3 is 2.52 bits per heavy atom. The van der Waals surface area contributed by atoms with Gasteiger partial charge in [-0.2, -0.15) is 0 Å². The highest BCUT2D eigenvalue weighted by molar-refractivity contribution is 6.36. The predicted molar refractivity (Wildman–Crippen MR) is 116 cm³/mol. The van der Waals surface area contributed by atoms with E-state index in [9.17, 15) is 14.3 Å². The lowest BCUT2D eigenvalue weighted by Gasteiger charge is -2.11. The number of rotatable bonds is 6. The maximum atomic E-state index is 13.8. The van der Waals surface area contributed by atoms with Gasteiger partial charge in [0.2, 0.25) is 0 Å². The van der Waals surface area contributed by atoms with Crippen LogP contribution in [0.5, 0.6) is 5.75 Å². The molecule has 0 aliphatic carbocycles. The summed E-state index contributed by atoms with van der Waals surface area (Å²) in [7, 11) is 0. The molecule has 0 heterocycles. The van der Waals surface area contributed by atoms with Crippen LogP contribution in [0.4, 0.5) is 10.1 Å². The highest BCUT2D eigenvalue weighted by atomic mass is 35.5. The minimum absolute atomic E-state index is 0.0217. The standard InChI is InChI=1S/C15H12Cl2FNO3.C6H11N/c16-9-2-4-12(21)14(18)13(9)15(22)19-11-3-1-8(5-6-20)7-10(11)17;1-2-3-4-5-6-7/h1-4,7,20-21H,5-6H2,(H,19,22);2-5H,6-7H2,1H3/b;3-2-,5-4-. The number of carbonyl (C=O) groups excluding carboxylic acids is 1. The van der Waals surface area contributed by atoms with Gasteiger partial charge in [0, 0.05) is 13.2 Å². The first kappa shape index (κ1) is 24.7. The second-order valence-corrected chi connectivity index (χ2v) is 6.50. The van der Waals surface area contributed by atoms with Crippen molar-refractivity contribution in [3.05, 3.63) is 81.6 Å². The number of benzene rings is 2. The van der Waals surface area contributed by atoms with Gasteiger partial charge in [-0.3, -0.25) is 4.79 Å². The van der Waals surface area contributed by atoms with Crippen LogP contribution in [0.2, 0.25) is 10.0 Å². The Morgan fingerprint density at radius 1 is 1.21 bits per heavy atom. The first-order valence-electron chi connectivity index (χ1n) is 8.71. The van der Waals surface area contributed by atoms with E-state index in [1.54, 1.807) is 18.2 Å². The van der Waals surface area contributed by atoms with E-state index in [0.29, 0.717) is 13.0 Å². The molecule has 8 heteroatoms. The van der Waals surface area contributed by atoms with Crippen molar-refractivity contribution in [2.75, 3.05) is 18.5 Å². The molecule has 0 aromatic heterocycles. The van der Waals surface area contributed by atoms with Gasteiger partial charge in [0.1, 0.15) is 0 Å². The Bertz CT molecular complexity index is 886. The number of nitrogens with one attached hydrogen (secondary N) is 1. The average molecular weight is 441 g/mol. The van der Waals surface area contributed by atoms with Crippen LogP contribution in [0.25, 0.3) is 0 Å². The average Bonchev–Trinajstić information content (AvgIpc) is 2.68. The van der Waals surface area contributed by atoms with Gasteiger partial charge in [-0.25, -0.2) is 4.39 Å². The molecule has 0 aliphatic heterocycles. The minimum atomic E-state index is -1.10. The first-order valence-corrected chi connectivity index (χ1v) is 9.46. The molecule has 0 saturated heterocycles. The summed E-state index contributed by atoms with van der Waals surface area (Å²) in [5.74, 6) is -2.59. The molecule has 0 saturated carbocycles. The van der Waals surface area contributed by atoms with Crippen molar-refractivity contribution in [3.63, 3.8) is 0 Å². The molecule has 2 aromatic carbocycles. The van der Waals surface area contributed by atoms with E-state index < -0.39 is 23.0 Å². The van der Waals surface area contributed by atoms with E-state index in [2.05, 4.69) is 5.32 Å². The van der Waals surface area contributed by atoms with E-state index in [4.69, 9.17) is 34.0 Å². The molecule has 0 unspecified atom stereocenters.